The molecule has 0 radical (unpaired) electrons. The number of thioether (sulfide) groups is 1. The van der Waals surface area contributed by atoms with Gasteiger partial charge >= 0.3 is 0 Å². The van der Waals surface area contributed by atoms with Crippen LogP contribution in [0.4, 0.5) is 10.1 Å². The van der Waals surface area contributed by atoms with Crippen LogP contribution >= 0.6 is 34.4 Å². The van der Waals surface area contributed by atoms with Crippen molar-refractivity contribution in [1.82, 2.24) is 10.2 Å². The van der Waals surface area contributed by atoms with Crippen molar-refractivity contribution in [1.29, 1.82) is 0 Å². The lowest BCUT2D eigenvalue weighted by Crippen LogP contribution is -2.12. The van der Waals surface area contributed by atoms with Crippen LogP contribution in [0.1, 0.15) is 35.0 Å². The maximum atomic E-state index is 12.4. The predicted octanol–water partition coefficient (Wildman–Crippen LogP) is 3.62. The number of aromatic nitrogens is 2. The van der Waals surface area contributed by atoms with Crippen molar-refractivity contribution in [3.05, 3.63) is 16.5 Å². The van der Waals surface area contributed by atoms with Crippen molar-refractivity contribution < 1.29 is 9.59 Å². The second-order valence-electron chi connectivity index (χ2n) is 5.15. The van der Waals surface area contributed by atoms with Crippen LogP contribution in [-0.2, 0) is 4.79 Å². The van der Waals surface area contributed by atoms with Crippen LogP contribution in [0.25, 0.3) is 0 Å². The number of nitrogens with zero attached hydrogens (tertiary/aromatic N) is 2. The fourth-order valence-corrected chi connectivity index (χ4v) is 4.55. The Hall–Kier alpha value is -1.45. The molecule has 6 nitrogen and oxygen atoms in total. The number of hydrogen-bond donors (Lipinski definition) is 2. The van der Waals surface area contributed by atoms with E-state index in [0.717, 1.165) is 28.5 Å². The fraction of sp³-hybridized carbons (Fsp3) is 0.429. The molecular weight excluding hydrogens is 352 g/mol. The maximum Gasteiger partial charge on any atom is 0.267 e. The number of nitrogens with one attached hydrogen (secondary N) is 2. The van der Waals surface area contributed by atoms with Gasteiger partial charge in [0.05, 0.1) is 9.88 Å². The molecule has 9 heteroatoms. The summed E-state index contributed by atoms with van der Waals surface area (Å²) in [6.45, 7) is 3.90. The first-order valence-corrected chi connectivity index (χ1v) is 9.87. The van der Waals surface area contributed by atoms with E-state index in [4.69, 9.17) is 0 Å². The van der Waals surface area contributed by atoms with Gasteiger partial charge in [-0.05, 0) is 37.1 Å². The summed E-state index contributed by atoms with van der Waals surface area (Å²) in [7, 11) is 0. The summed E-state index contributed by atoms with van der Waals surface area (Å²) >= 11 is 4.23. The smallest absolute Gasteiger partial charge is 0.267 e. The average Bonchev–Trinajstić information content (AvgIpc) is 3.17. The number of anilines is 2. The van der Waals surface area contributed by atoms with Crippen LogP contribution in [0.3, 0.4) is 0 Å². The molecule has 1 aliphatic rings. The molecule has 1 fully saturated rings. The Balaban J connectivity index is 1.66. The van der Waals surface area contributed by atoms with Gasteiger partial charge in [0.25, 0.3) is 5.91 Å². The van der Waals surface area contributed by atoms with Crippen LogP contribution in [0.5, 0.6) is 0 Å². The van der Waals surface area contributed by atoms with Crippen LogP contribution < -0.4 is 10.6 Å². The van der Waals surface area contributed by atoms with Crippen molar-refractivity contribution in [3.63, 3.8) is 0 Å². The number of thiophene rings is 1. The van der Waals surface area contributed by atoms with E-state index in [0.29, 0.717) is 15.0 Å². The molecule has 23 heavy (non-hydrogen) atoms. The highest BCUT2D eigenvalue weighted by atomic mass is 32.2. The van der Waals surface area contributed by atoms with Crippen molar-refractivity contribution in [2.24, 2.45) is 5.92 Å². The highest BCUT2D eigenvalue weighted by molar-refractivity contribution is 8.01. The molecule has 0 atom stereocenters. The minimum absolute atomic E-state index is 0.0450. The Morgan fingerprint density at radius 2 is 2.09 bits per heavy atom. The molecule has 0 aliphatic heterocycles. The molecule has 0 saturated heterocycles. The van der Waals surface area contributed by atoms with Crippen molar-refractivity contribution in [2.75, 3.05) is 16.4 Å². The summed E-state index contributed by atoms with van der Waals surface area (Å²) in [4.78, 5) is 24.7. The lowest BCUT2D eigenvalue weighted by molar-refractivity contribution is -0.117. The Labute approximate surface area is 146 Å². The topological polar surface area (TPSA) is 84.0 Å². The van der Waals surface area contributed by atoms with Gasteiger partial charge in [0.15, 0.2) is 4.34 Å². The van der Waals surface area contributed by atoms with Gasteiger partial charge in [0, 0.05) is 5.92 Å². The molecule has 2 aromatic heterocycles. The zero-order chi connectivity index (χ0) is 16.4. The van der Waals surface area contributed by atoms with Crippen molar-refractivity contribution in [2.45, 2.75) is 31.0 Å². The van der Waals surface area contributed by atoms with Gasteiger partial charge in [0.2, 0.25) is 11.0 Å². The molecule has 2 heterocycles. The minimum atomic E-state index is -0.219. The molecule has 1 saturated carbocycles. The van der Waals surface area contributed by atoms with E-state index in [1.807, 2.05) is 19.9 Å². The Bertz CT molecular complexity index is 736. The first-order chi connectivity index (χ1) is 11.1. The number of rotatable bonds is 6. The molecular formula is C14H16N4O2S3. The lowest BCUT2D eigenvalue weighted by atomic mass is 10.3. The van der Waals surface area contributed by atoms with Gasteiger partial charge in [-0.15, -0.1) is 21.5 Å². The summed E-state index contributed by atoms with van der Waals surface area (Å²) in [6, 6.07) is 1.83. The number of amides is 2. The second-order valence-corrected chi connectivity index (χ2v) is 8.69. The van der Waals surface area contributed by atoms with Crippen LogP contribution in [0.15, 0.2) is 10.4 Å². The third kappa shape index (κ3) is 4.10. The summed E-state index contributed by atoms with van der Waals surface area (Å²) in [5.41, 5.74) is 0.839. The molecule has 2 aromatic rings. The lowest BCUT2D eigenvalue weighted by Gasteiger charge is -2.00. The Morgan fingerprint density at radius 1 is 1.30 bits per heavy atom. The molecule has 122 valence electrons. The van der Waals surface area contributed by atoms with E-state index < -0.39 is 0 Å². The summed E-state index contributed by atoms with van der Waals surface area (Å²) in [6.07, 6.45) is 1.91. The maximum absolute atomic E-state index is 12.4. The second kappa shape index (κ2) is 6.98. The molecule has 2 N–H and O–H groups in total. The first kappa shape index (κ1) is 16.4. The van der Waals surface area contributed by atoms with Gasteiger partial charge < -0.3 is 5.32 Å². The molecule has 0 bridgehead atoms. The largest absolute Gasteiger partial charge is 0.317 e. The molecule has 0 aromatic carbocycles. The van der Waals surface area contributed by atoms with E-state index in [1.54, 1.807) is 11.8 Å². The van der Waals surface area contributed by atoms with E-state index in [9.17, 15) is 9.59 Å². The number of carbonyl (C=O) groups is 2. The highest BCUT2D eigenvalue weighted by Gasteiger charge is 2.30. The highest BCUT2D eigenvalue weighted by Crippen LogP contribution is 2.33. The number of aryl methyl sites for hydroxylation is 1. The Morgan fingerprint density at radius 3 is 2.78 bits per heavy atom. The molecule has 0 unspecified atom stereocenters. The van der Waals surface area contributed by atoms with E-state index in [1.165, 1.54) is 22.7 Å². The quantitative estimate of drug-likeness (QED) is 0.601. The number of hydrogen-bond acceptors (Lipinski definition) is 7. The van der Waals surface area contributed by atoms with Gasteiger partial charge in [-0.3, -0.25) is 14.9 Å². The fourth-order valence-electron chi connectivity index (χ4n) is 1.93. The summed E-state index contributed by atoms with van der Waals surface area (Å²) in [5, 5.41) is 14.8. The monoisotopic (exact) mass is 368 g/mol. The zero-order valence-electron chi connectivity index (χ0n) is 12.7. The molecule has 1 aliphatic carbocycles. The van der Waals surface area contributed by atoms with E-state index in [2.05, 4.69) is 20.8 Å². The summed E-state index contributed by atoms with van der Waals surface area (Å²) in [5.74, 6) is 0.883. The van der Waals surface area contributed by atoms with Crippen molar-refractivity contribution >= 4 is 56.4 Å². The van der Waals surface area contributed by atoms with Gasteiger partial charge in [-0.1, -0.05) is 30.0 Å². The third-order valence-electron chi connectivity index (χ3n) is 3.21. The number of carbonyl (C=O) groups excluding carboxylic acids is 2. The SMILES string of the molecule is CCSc1nnc(NC(=O)c2sc(NC(=O)C3CC3)cc2C)s1. The minimum Gasteiger partial charge on any atom is -0.317 e. The molecule has 0 spiro atoms. The van der Waals surface area contributed by atoms with Crippen LogP contribution in [0.2, 0.25) is 0 Å². The third-order valence-corrected chi connectivity index (χ3v) is 6.22. The van der Waals surface area contributed by atoms with Crippen LogP contribution in [0, 0.1) is 12.8 Å². The van der Waals surface area contributed by atoms with Crippen molar-refractivity contribution in [3.8, 4) is 0 Å². The molecule has 3 rings (SSSR count). The van der Waals surface area contributed by atoms with Gasteiger partial charge in [-0.25, -0.2) is 0 Å². The zero-order valence-corrected chi connectivity index (χ0v) is 15.2. The predicted molar refractivity (Wildman–Crippen MR) is 94.7 cm³/mol. The first-order valence-electron chi connectivity index (χ1n) is 7.25. The summed E-state index contributed by atoms with van der Waals surface area (Å²) < 4.78 is 0.836. The molecule has 2 amide bonds. The van der Waals surface area contributed by atoms with Gasteiger partial charge in [0.1, 0.15) is 0 Å². The van der Waals surface area contributed by atoms with Gasteiger partial charge in [-0.2, -0.15) is 0 Å². The van der Waals surface area contributed by atoms with E-state index in [-0.39, 0.29) is 17.7 Å². The normalized spacial score (nSPS) is 13.8. The van der Waals surface area contributed by atoms with E-state index >= 15 is 0 Å². The van der Waals surface area contributed by atoms with Crippen LogP contribution in [-0.4, -0.2) is 27.8 Å². The average molecular weight is 369 g/mol. The Kier molecular flexibility index (Phi) is 4.98. The standard InChI is InChI=1S/C14H16N4O2S3/c1-3-21-14-18-17-13(23-14)16-12(20)10-7(2)6-9(22-10)15-11(19)8-4-5-8/h6,8H,3-5H2,1-2H3,(H,15,19)(H,16,17,20).